The molecule has 0 aliphatic heterocycles. The maximum atomic E-state index is 11.7. The monoisotopic (exact) mass is 263 g/mol. The molecule has 98 valence electrons. The van der Waals surface area contributed by atoms with Gasteiger partial charge in [0.1, 0.15) is 0 Å². The highest BCUT2D eigenvalue weighted by Crippen LogP contribution is 2.29. The van der Waals surface area contributed by atoms with Crippen molar-refractivity contribution in [2.75, 3.05) is 0 Å². The molecule has 0 bridgehead atoms. The van der Waals surface area contributed by atoms with E-state index in [1.54, 1.807) is 0 Å². The van der Waals surface area contributed by atoms with Crippen LogP contribution in [0.15, 0.2) is 23.0 Å². The molecule has 8 nitrogen and oxygen atoms in total. The Hall–Kier alpha value is -2.77. The van der Waals surface area contributed by atoms with Gasteiger partial charge in [-0.15, -0.1) is 0 Å². The number of rotatable bonds is 2. The molecule has 0 spiro atoms. The van der Waals surface area contributed by atoms with Gasteiger partial charge in [-0.1, -0.05) is 6.07 Å². The van der Waals surface area contributed by atoms with Gasteiger partial charge in [0, 0.05) is 18.7 Å². The van der Waals surface area contributed by atoms with Gasteiger partial charge in [0.2, 0.25) is 0 Å². The third-order valence-electron chi connectivity index (χ3n) is 2.94. The highest BCUT2D eigenvalue weighted by molar-refractivity contribution is 5.91. The smallest absolute Gasteiger partial charge is 0.305 e. The van der Waals surface area contributed by atoms with Crippen LogP contribution in [0.25, 0.3) is 10.9 Å². The Morgan fingerprint density at radius 3 is 2.32 bits per heavy atom. The molecule has 0 saturated carbocycles. The van der Waals surface area contributed by atoms with Crippen molar-refractivity contribution in [3.63, 3.8) is 0 Å². The van der Waals surface area contributed by atoms with Crippen LogP contribution in [0, 0.1) is 27.2 Å². The van der Waals surface area contributed by atoms with Gasteiger partial charge < -0.3 is 4.57 Å². The second kappa shape index (κ2) is 4.16. The lowest BCUT2D eigenvalue weighted by atomic mass is 10.1. The predicted molar refractivity (Wildman–Crippen MR) is 67.2 cm³/mol. The van der Waals surface area contributed by atoms with Crippen LogP contribution in [0.4, 0.5) is 11.4 Å². The number of aromatic nitrogens is 1. The summed E-state index contributed by atoms with van der Waals surface area (Å²) in [5.74, 6) is 0. The van der Waals surface area contributed by atoms with Crippen LogP contribution in [0.1, 0.15) is 5.56 Å². The summed E-state index contributed by atoms with van der Waals surface area (Å²) in [6.07, 6.45) is 0. The molecule has 0 fully saturated rings. The molecule has 2 aromatic rings. The standard InChI is InChI=1S/C11H9N3O5/c1-6-3-4-8-7(10(6)14(18)19)5-9(13(16)17)11(15)12(8)2/h3-5H,1-2H3. The molecular weight excluding hydrogens is 254 g/mol. The molecule has 1 aromatic carbocycles. The van der Waals surface area contributed by atoms with Crippen LogP contribution in [-0.4, -0.2) is 14.4 Å². The Kier molecular flexibility index (Phi) is 2.78. The van der Waals surface area contributed by atoms with Crippen LogP contribution >= 0.6 is 0 Å². The first-order chi connectivity index (χ1) is 8.84. The van der Waals surface area contributed by atoms with Crippen molar-refractivity contribution in [3.05, 3.63) is 54.3 Å². The zero-order valence-electron chi connectivity index (χ0n) is 10.1. The van der Waals surface area contributed by atoms with Gasteiger partial charge in [-0.05, 0) is 13.0 Å². The van der Waals surface area contributed by atoms with Gasteiger partial charge in [-0.3, -0.25) is 25.0 Å². The molecular formula is C11H9N3O5. The number of hydrogen-bond acceptors (Lipinski definition) is 5. The SMILES string of the molecule is Cc1ccc2c(cc([N+](=O)[O-])c(=O)n2C)c1[N+](=O)[O-]. The summed E-state index contributed by atoms with van der Waals surface area (Å²) in [7, 11) is 1.34. The predicted octanol–water partition coefficient (Wildman–Crippen LogP) is 1.66. The summed E-state index contributed by atoms with van der Waals surface area (Å²) < 4.78 is 1.04. The zero-order chi connectivity index (χ0) is 14.3. The molecule has 0 unspecified atom stereocenters. The fraction of sp³-hybridized carbons (Fsp3) is 0.182. The van der Waals surface area contributed by atoms with E-state index in [1.165, 1.54) is 26.1 Å². The van der Waals surface area contributed by atoms with E-state index in [1.807, 2.05) is 0 Å². The summed E-state index contributed by atoms with van der Waals surface area (Å²) in [6, 6.07) is 4.00. The quantitative estimate of drug-likeness (QED) is 0.604. The first kappa shape index (κ1) is 12.7. The van der Waals surface area contributed by atoms with Crippen molar-refractivity contribution >= 4 is 22.3 Å². The lowest BCUT2D eigenvalue weighted by Crippen LogP contribution is -2.20. The highest BCUT2D eigenvalue weighted by Gasteiger charge is 2.23. The van der Waals surface area contributed by atoms with E-state index in [2.05, 4.69) is 0 Å². The number of aryl methyl sites for hydroxylation is 2. The fourth-order valence-electron chi connectivity index (χ4n) is 1.99. The number of nitro benzene ring substituents is 1. The van der Waals surface area contributed by atoms with Crippen LogP contribution in [-0.2, 0) is 7.05 Å². The van der Waals surface area contributed by atoms with Crippen molar-refractivity contribution in [2.45, 2.75) is 6.92 Å². The number of nitro groups is 2. The van der Waals surface area contributed by atoms with Crippen molar-refractivity contribution in [1.29, 1.82) is 0 Å². The van der Waals surface area contributed by atoms with Crippen LogP contribution in [0.2, 0.25) is 0 Å². The van der Waals surface area contributed by atoms with E-state index >= 15 is 0 Å². The largest absolute Gasteiger partial charge is 0.334 e. The minimum atomic E-state index is -0.839. The van der Waals surface area contributed by atoms with E-state index < -0.39 is 21.1 Å². The molecule has 0 N–H and O–H groups in total. The molecule has 2 rings (SSSR count). The maximum absolute atomic E-state index is 11.7. The van der Waals surface area contributed by atoms with Crippen LogP contribution in [0.5, 0.6) is 0 Å². The van der Waals surface area contributed by atoms with Crippen molar-refractivity contribution in [1.82, 2.24) is 4.57 Å². The average Bonchev–Trinajstić information content (AvgIpc) is 2.32. The van der Waals surface area contributed by atoms with Gasteiger partial charge in [-0.25, -0.2) is 0 Å². The van der Waals surface area contributed by atoms with E-state index in [0.717, 1.165) is 10.6 Å². The average molecular weight is 263 g/mol. The zero-order valence-corrected chi connectivity index (χ0v) is 10.1. The molecule has 1 heterocycles. The number of pyridine rings is 1. The molecule has 0 aliphatic carbocycles. The van der Waals surface area contributed by atoms with Gasteiger partial charge in [-0.2, -0.15) is 0 Å². The molecule has 19 heavy (non-hydrogen) atoms. The number of nitrogens with zero attached hydrogens (tertiary/aromatic N) is 3. The minimum absolute atomic E-state index is 0.0822. The topological polar surface area (TPSA) is 108 Å². The molecule has 0 radical (unpaired) electrons. The summed E-state index contributed by atoms with van der Waals surface area (Å²) >= 11 is 0. The molecule has 0 aliphatic rings. The third-order valence-corrected chi connectivity index (χ3v) is 2.94. The van der Waals surface area contributed by atoms with Crippen molar-refractivity contribution in [3.8, 4) is 0 Å². The minimum Gasteiger partial charge on any atom is -0.305 e. The first-order valence-corrected chi connectivity index (χ1v) is 5.26. The fourth-order valence-corrected chi connectivity index (χ4v) is 1.99. The number of benzene rings is 1. The molecule has 1 aromatic heterocycles. The second-order valence-electron chi connectivity index (χ2n) is 4.07. The summed E-state index contributed by atoms with van der Waals surface area (Å²) in [6.45, 7) is 1.54. The van der Waals surface area contributed by atoms with Crippen LogP contribution in [0.3, 0.4) is 0 Å². The Morgan fingerprint density at radius 2 is 1.79 bits per heavy atom. The van der Waals surface area contributed by atoms with Gasteiger partial charge >= 0.3 is 11.2 Å². The van der Waals surface area contributed by atoms with Crippen LogP contribution < -0.4 is 5.56 Å². The Labute approximate surface area is 106 Å². The lowest BCUT2D eigenvalue weighted by molar-refractivity contribution is -0.387. The second-order valence-corrected chi connectivity index (χ2v) is 4.07. The summed E-state index contributed by atoms with van der Waals surface area (Å²) in [5, 5.41) is 21.9. The Morgan fingerprint density at radius 1 is 1.16 bits per heavy atom. The highest BCUT2D eigenvalue weighted by atomic mass is 16.6. The first-order valence-electron chi connectivity index (χ1n) is 5.26. The van der Waals surface area contributed by atoms with Crippen molar-refractivity contribution < 1.29 is 9.85 Å². The van der Waals surface area contributed by atoms with Gasteiger partial charge in [0.25, 0.3) is 5.69 Å². The van der Waals surface area contributed by atoms with Crippen molar-refractivity contribution in [2.24, 2.45) is 7.05 Å². The van der Waals surface area contributed by atoms with E-state index in [9.17, 15) is 25.0 Å². The van der Waals surface area contributed by atoms with E-state index in [0.29, 0.717) is 5.56 Å². The van der Waals surface area contributed by atoms with E-state index in [-0.39, 0.29) is 16.6 Å². The molecule has 0 amide bonds. The summed E-state index contributed by atoms with van der Waals surface area (Å²) in [4.78, 5) is 32.2. The normalized spacial score (nSPS) is 10.6. The van der Waals surface area contributed by atoms with Gasteiger partial charge in [0.15, 0.2) is 0 Å². The molecule has 0 atom stereocenters. The molecule has 0 saturated heterocycles. The van der Waals surface area contributed by atoms with E-state index in [4.69, 9.17) is 0 Å². The molecule has 8 heteroatoms. The number of hydrogen-bond donors (Lipinski definition) is 0. The van der Waals surface area contributed by atoms with Gasteiger partial charge in [0.05, 0.1) is 20.7 Å². The summed E-state index contributed by atoms with van der Waals surface area (Å²) in [5.41, 5.74) is -1.03. The third kappa shape index (κ3) is 1.82. The Balaban J connectivity index is 3.06. The maximum Gasteiger partial charge on any atom is 0.334 e. The lowest BCUT2D eigenvalue weighted by Gasteiger charge is -2.06. The Bertz CT molecular complexity index is 778. The number of fused-ring (bicyclic) bond motifs is 1.